The van der Waals surface area contributed by atoms with Gasteiger partial charge in [-0.3, -0.25) is 0 Å². The van der Waals surface area contributed by atoms with Gasteiger partial charge in [0.1, 0.15) is 0 Å². The molecule has 0 aromatic heterocycles. The summed E-state index contributed by atoms with van der Waals surface area (Å²) in [5.41, 5.74) is 0.593. The Hall–Kier alpha value is -1.01. The Morgan fingerprint density at radius 2 is 1.93 bits per heavy atom. The SMILES string of the molecule is CC=NS(=O)(=O)N(SC)c1ccccc1. The van der Waals surface area contributed by atoms with Gasteiger partial charge in [0, 0.05) is 12.5 Å². The number of hydrogen-bond donors (Lipinski definition) is 0. The van der Waals surface area contributed by atoms with Gasteiger partial charge in [-0.15, -0.1) is 0 Å². The van der Waals surface area contributed by atoms with Crippen molar-refractivity contribution >= 4 is 34.1 Å². The van der Waals surface area contributed by atoms with Crippen molar-refractivity contribution in [1.29, 1.82) is 0 Å². The van der Waals surface area contributed by atoms with E-state index >= 15 is 0 Å². The second-order valence-corrected chi connectivity index (χ2v) is 5.02. The molecule has 0 aliphatic carbocycles. The average molecular weight is 244 g/mol. The molecule has 0 heterocycles. The van der Waals surface area contributed by atoms with Gasteiger partial charge in [0.05, 0.1) is 5.69 Å². The van der Waals surface area contributed by atoms with Crippen molar-refractivity contribution in [3.63, 3.8) is 0 Å². The first kappa shape index (κ1) is 12.1. The van der Waals surface area contributed by atoms with E-state index < -0.39 is 10.2 Å². The van der Waals surface area contributed by atoms with Crippen LogP contribution in [0.2, 0.25) is 0 Å². The second kappa shape index (κ2) is 5.18. The van der Waals surface area contributed by atoms with Gasteiger partial charge in [-0.25, -0.2) is 0 Å². The highest BCUT2D eigenvalue weighted by Gasteiger charge is 2.19. The van der Waals surface area contributed by atoms with Gasteiger partial charge in [0.15, 0.2) is 0 Å². The lowest BCUT2D eigenvalue weighted by atomic mass is 10.3. The lowest BCUT2D eigenvalue weighted by Gasteiger charge is -2.17. The molecule has 0 spiro atoms. The highest BCUT2D eigenvalue weighted by atomic mass is 32.3. The summed E-state index contributed by atoms with van der Waals surface area (Å²) in [6.45, 7) is 1.57. The molecule has 0 aliphatic heterocycles. The van der Waals surface area contributed by atoms with E-state index in [1.54, 1.807) is 37.4 Å². The van der Waals surface area contributed by atoms with E-state index in [1.807, 2.05) is 6.07 Å². The third-order valence-corrected chi connectivity index (χ3v) is 4.24. The quantitative estimate of drug-likeness (QED) is 0.602. The first-order chi connectivity index (χ1) is 7.11. The summed E-state index contributed by atoms with van der Waals surface area (Å²) in [5.74, 6) is 0. The molecule has 15 heavy (non-hydrogen) atoms. The Labute approximate surface area is 94.3 Å². The van der Waals surface area contributed by atoms with Crippen LogP contribution in [0.1, 0.15) is 6.92 Å². The summed E-state index contributed by atoms with van der Waals surface area (Å²) >= 11 is 1.10. The van der Waals surface area contributed by atoms with Crippen molar-refractivity contribution in [3.05, 3.63) is 30.3 Å². The van der Waals surface area contributed by atoms with E-state index in [9.17, 15) is 8.42 Å². The summed E-state index contributed by atoms with van der Waals surface area (Å²) in [6.07, 6.45) is 2.96. The molecule has 0 fully saturated rings. The number of para-hydroxylation sites is 1. The number of rotatable bonds is 4. The maximum atomic E-state index is 11.7. The maximum Gasteiger partial charge on any atom is 0.353 e. The molecule has 0 unspecified atom stereocenters. The van der Waals surface area contributed by atoms with Crippen molar-refractivity contribution in [2.75, 3.05) is 9.97 Å². The van der Waals surface area contributed by atoms with E-state index in [4.69, 9.17) is 0 Å². The molecule has 4 nitrogen and oxygen atoms in total. The van der Waals surface area contributed by atoms with Crippen LogP contribution >= 0.6 is 11.9 Å². The van der Waals surface area contributed by atoms with Crippen molar-refractivity contribution in [2.45, 2.75) is 6.92 Å². The normalized spacial score (nSPS) is 11.9. The zero-order valence-corrected chi connectivity index (χ0v) is 10.1. The summed E-state index contributed by atoms with van der Waals surface area (Å²) in [5, 5.41) is 0. The number of hydrogen-bond acceptors (Lipinski definition) is 3. The van der Waals surface area contributed by atoms with Crippen LogP contribution < -0.4 is 3.71 Å². The highest BCUT2D eigenvalue weighted by molar-refractivity contribution is 8.13. The van der Waals surface area contributed by atoms with Gasteiger partial charge in [0.25, 0.3) is 0 Å². The Bertz CT molecular complexity index is 429. The van der Waals surface area contributed by atoms with Crippen molar-refractivity contribution < 1.29 is 8.42 Å². The molecular weight excluding hydrogens is 232 g/mol. The van der Waals surface area contributed by atoms with E-state index in [1.165, 1.54) is 9.93 Å². The topological polar surface area (TPSA) is 49.7 Å². The third-order valence-electron chi connectivity index (χ3n) is 1.58. The van der Waals surface area contributed by atoms with Crippen LogP contribution in [0.4, 0.5) is 5.69 Å². The zero-order valence-electron chi connectivity index (χ0n) is 8.49. The van der Waals surface area contributed by atoms with E-state index in [2.05, 4.69) is 4.40 Å². The predicted octanol–water partition coefficient (Wildman–Crippen LogP) is 2.11. The van der Waals surface area contributed by atoms with Gasteiger partial charge >= 0.3 is 10.2 Å². The summed E-state index contributed by atoms with van der Waals surface area (Å²) < 4.78 is 28.0. The number of nitrogens with zero attached hydrogens (tertiary/aromatic N) is 2. The molecule has 0 amide bonds. The molecule has 0 radical (unpaired) electrons. The van der Waals surface area contributed by atoms with E-state index in [0.29, 0.717) is 5.69 Å². The van der Waals surface area contributed by atoms with Crippen LogP contribution in [-0.2, 0) is 10.2 Å². The van der Waals surface area contributed by atoms with Crippen molar-refractivity contribution in [3.8, 4) is 0 Å². The van der Waals surface area contributed by atoms with Gasteiger partial charge < -0.3 is 0 Å². The Morgan fingerprint density at radius 3 is 2.40 bits per heavy atom. The van der Waals surface area contributed by atoms with Gasteiger partial charge in [0.2, 0.25) is 0 Å². The van der Waals surface area contributed by atoms with E-state index in [-0.39, 0.29) is 0 Å². The lowest BCUT2D eigenvalue weighted by molar-refractivity contribution is 0.600. The minimum Gasteiger partial charge on any atom is -0.194 e. The van der Waals surface area contributed by atoms with Crippen LogP contribution in [0.3, 0.4) is 0 Å². The van der Waals surface area contributed by atoms with Crippen LogP contribution in [0.25, 0.3) is 0 Å². The van der Waals surface area contributed by atoms with Crippen LogP contribution in [0.5, 0.6) is 0 Å². The molecule has 0 N–H and O–H groups in total. The molecule has 0 aliphatic rings. The number of benzene rings is 1. The monoisotopic (exact) mass is 244 g/mol. The van der Waals surface area contributed by atoms with Gasteiger partial charge in [-0.2, -0.15) is 16.5 Å². The molecular formula is C9H12N2O2S2. The minimum atomic E-state index is -3.61. The fraction of sp³-hybridized carbons (Fsp3) is 0.222. The molecule has 0 atom stereocenters. The molecule has 1 rings (SSSR count). The molecule has 0 bridgehead atoms. The molecule has 0 saturated heterocycles. The summed E-state index contributed by atoms with van der Waals surface area (Å²) in [7, 11) is -3.61. The van der Waals surface area contributed by atoms with Crippen LogP contribution in [-0.4, -0.2) is 20.9 Å². The first-order valence-electron chi connectivity index (χ1n) is 4.26. The Morgan fingerprint density at radius 1 is 1.33 bits per heavy atom. The smallest absolute Gasteiger partial charge is 0.194 e. The summed E-state index contributed by atoms with van der Waals surface area (Å²) in [4.78, 5) is 0. The standard InChI is InChI=1S/C9H12N2O2S2/c1-3-10-15(12,13)11(14-2)9-7-5-4-6-8-9/h3-8H,1-2H3. The third kappa shape index (κ3) is 2.97. The average Bonchev–Trinajstić information content (AvgIpc) is 2.19. The van der Waals surface area contributed by atoms with Crippen LogP contribution in [0.15, 0.2) is 34.7 Å². The molecule has 1 aromatic rings. The van der Waals surface area contributed by atoms with Gasteiger partial charge in [-0.05, 0) is 31.0 Å². The predicted molar refractivity (Wildman–Crippen MR) is 65.5 cm³/mol. The fourth-order valence-electron chi connectivity index (χ4n) is 1.06. The maximum absolute atomic E-state index is 11.7. The van der Waals surface area contributed by atoms with Crippen molar-refractivity contribution in [2.24, 2.45) is 4.40 Å². The zero-order chi connectivity index (χ0) is 11.3. The molecule has 6 heteroatoms. The molecule has 0 saturated carbocycles. The minimum absolute atomic E-state index is 0.593. The largest absolute Gasteiger partial charge is 0.353 e. The van der Waals surface area contributed by atoms with Crippen molar-refractivity contribution in [1.82, 2.24) is 0 Å². The number of anilines is 1. The summed E-state index contributed by atoms with van der Waals surface area (Å²) in [6, 6.07) is 8.84. The lowest BCUT2D eigenvalue weighted by Crippen LogP contribution is -2.21. The Kier molecular flexibility index (Phi) is 4.16. The molecule has 82 valence electrons. The fourth-order valence-corrected chi connectivity index (χ4v) is 3.00. The van der Waals surface area contributed by atoms with Crippen LogP contribution in [0, 0.1) is 0 Å². The second-order valence-electron chi connectivity index (χ2n) is 2.59. The first-order valence-corrected chi connectivity index (χ1v) is 6.84. The van der Waals surface area contributed by atoms with E-state index in [0.717, 1.165) is 11.9 Å². The van der Waals surface area contributed by atoms with Gasteiger partial charge in [-0.1, -0.05) is 18.2 Å². The Balaban J connectivity index is 3.11. The molecule has 1 aromatic carbocycles. The highest BCUT2D eigenvalue weighted by Crippen LogP contribution is 2.24.